The molecule has 0 aliphatic rings. The maximum Gasteiger partial charge on any atom is 0.335 e. The number of aromatic carboxylic acids is 1. The minimum atomic E-state index is -1.01. The van der Waals surface area contributed by atoms with Gasteiger partial charge in [0.05, 0.1) is 16.3 Å². The molecule has 7 heteroatoms. The first-order valence-corrected chi connectivity index (χ1v) is 9.63. The minimum Gasteiger partial charge on any atom is -0.484 e. The predicted octanol–water partition coefficient (Wildman–Crippen LogP) is 4.98. The summed E-state index contributed by atoms with van der Waals surface area (Å²) in [4.78, 5) is 23.1. The van der Waals surface area contributed by atoms with Crippen molar-refractivity contribution in [3.05, 3.63) is 88.4 Å². The van der Waals surface area contributed by atoms with E-state index in [-0.39, 0.29) is 18.1 Å². The summed E-state index contributed by atoms with van der Waals surface area (Å²) >= 11 is 6.12. The van der Waals surface area contributed by atoms with Gasteiger partial charge in [-0.3, -0.25) is 4.79 Å². The number of nitrogens with one attached hydrogen (secondary N) is 2. The zero-order chi connectivity index (χ0) is 21.5. The number of aryl methyl sites for hydroxylation is 1. The molecule has 0 saturated heterocycles. The Labute approximate surface area is 179 Å². The van der Waals surface area contributed by atoms with Crippen molar-refractivity contribution in [2.75, 3.05) is 17.2 Å². The van der Waals surface area contributed by atoms with Gasteiger partial charge < -0.3 is 20.5 Å². The van der Waals surface area contributed by atoms with Gasteiger partial charge in [-0.1, -0.05) is 41.4 Å². The Morgan fingerprint density at radius 3 is 2.37 bits per heavy atom. The van der Waals surface area contributed by atoms with Crippen molar-refractivity contribution >= 4 is 34.9 Å². The van der Waals surface area contributed by atoms with E-state index in [9.17, 15) is 9.59 Å². The summed E-state index contributed by atoms with van der Waals surface area (Å²) in [5, 5.41) is 15.4. The number of carboxylic acid groups (broad SMARTS) is 1. The monoisotopic (exact) mass is 424 g/mol. The van der Waals surface area contributed by atoms with Crippen LogP contribution in [0.1, 0.15) is 21.5 Å². The van der Waals surface area contributed by atoms with Gasteiger partial charge in [-0.15, -0.1) is 0 Å². The highest BCUT2D eigenvalue weighted by atomic mass is 35.5. The van der Waals surface area contributed by atoms with Crippen molar-refractivity contribution in [3.8, 4) is 5.75 Å². The van der Waals surface area contributed by atoms with Gasteiger partial charge in [0, 0.05) is 12.2 Å². The number of hydrogen-bond acceptors (Lipinski definition) is 4. The standard InChI is InChI=1S/C23H21ClN2O4/c1-15-2-7-18(8-3-15)26-22(27)14-30-19-9-4-16(5-10-19)13-25-21-12-17(23(28)29)6-11-20(21)24/h2-12,25H,13-14H2,1H3,(H,26,27)(H,28,29). The van der Waals surface area contributed by atoms with Crippen LogP contribution in [-0.4, -0.2) is 23.6 Å². The smallest absolute Gasteiger partial charge is 0.335 e. The molecule has 0 aliphatic carbocycles. The van der Waals surface area contributed by atoms with Crippen LogP contribution in [0.25, 0.3) is 0 Å². The predicted molar refractivity (Wildman–Crippen MR) is 117 cm³/mol. The summed E-state index contributed by atoms with van der Waals surface area (Å²) in [6, 6.07) is 19.3. The second-order valence-electron chi connectivity index (χ2n) is 6.70. The number of anilines is 2. The summed E-state index contributed by atoms with van der Waals surface area (Å²) in [5.74, 6) is -0.677. The summed E-state index contributed by atoms with van der Waals surface area (Å²) in [5.41, 5.74) is 3.50. The van der Waals surface area contributed by atoms with E-state index in [0.29, 0.717) is 23.0 Å². The molecule has 30 heavy (non-hydrogen) atoms. The molecule has 3 N–H and O–H groups in total. The largest absolute Gasteiger partial charge is 0.484 e. The van der Waals surface area contributed by atoms with Gasteiger partial charge in [0.2, 0.25) is 0 Å². The van der Waals surface area contributed by atoms with Crippen LogP contribution in [0.15, 0.2) is 66.7 Å². The number of ether oxygens (including phenoxy) is 1. The van der Waals surface area contributed by atoms with Crippen molar-refractivity contribution in [2.45, 2.75) is 13.5 Å². The molecule has 0 fully saturated rings. The molecule has 0 aromatic heterocycles. The highest BCUT2D eigenvalue weighted by Crippen LogP contribution is 2.24. The van der Waals surface area contributed by atoms with Crippen LogP contribution >= 0.6 is 11.6 Å². The van der Waals surface area contributed by atoms with E-state index < -0.39 is 5.97 Å². The van der Waals surface area contributed by atoms with Crippen LogP contribution in [0.4, 0.5) is 11.4 Å². The molecule has 3 aromatic rings. The number of rotatable bonds is 8. The van der Waals surface area contributed by atoms with Crippen LogP contribution in [0.2, 0.25) is 5.02 Å². The number of benzene rings is 3. The molecule has 0 unspecified atom stereocenters. The molecule has 154 valence electrons. The number of halogens is 1. The Kier molecular flexibility index (Phi) is 6.93. The van der Waals surface area contributed by atoms with E-state index in [1.807, 2.05) is 43.3 Å². The second-order valence-corrected chi connectivity index (χ2v) is 7.11. The SMILES string of the molecule is Cc1ccc(NC(=O)COc2ccc(CNc3cc(C(=O)O)ccc3Cl)cc2)cc1. The summed E-state index contributed by atoms with van der Waals surface area (Å²) in [7, 11) is 0. The van der Waals surface area contributed by atoms with Gasteiger partial charge in [0.1, 0.15) is 5.75 Å². The van der Waals surface area contributed by atoms with Gasteiger partial charge in [-0.2, -0.15) is 0 Å². The van der Waals surface area contributed by atoms with E-state index in [4.69, 9.17) is 21.4 Å². The molecule has 3 aromatic carbocycles. The fourth-order valence-corrected chi connectivity index (χ4v) is 2.86. The van der Waals surface area contributed by atoms with E-state index in [1.54, 1.807) is 18.2 Å². The third-order valence-corrected chi connectivity index (χ3v) is 4.65. The molecule has 0 saturated carbocycles. The number of carboxylic acids is 1. The Hall–Kier alpha value is -3.51. The summed E-state index contributed by atoms with van der Waals surface area (Å²) in [6.07, 6.45) is 0. The zero-order valence-electron chi connectivity index (χ0n) is 16.3. The first-order valence-electron chi connectivity index (χ1n) is 9.26. The van der Waals surface area contributed by atoms with E-state index in [0.717, 1.165) is 16.8 Å². The number of amides is 1. The van der Waals surface area contributed by atoms with Crippen LogP contribution in [0.5, 0.6) is 5.75 Å². The van der Waals surface area contributed by atoms with Crippen molar-refractivity contribution in [1.29, 1.82) is 0 Å². The maximum absolute atomic E-state index is 12.0. The number of carbonyl (C=O) groups is 2. The number of carbonyl (C=O) groups excluding carboxylic acids is 1. The molecular weight excluding hydrogens is 404 g/mol. The maximum atomic E-state index is 12.0. The van der Waals surface area contributed by atoms with Gasteiger partial charge in [-0.25, -0.2) is 4.79 Å². The molecule has 0 atom stereocenters. The molecule has 0 spiro atoms. The normalized spacial score (nSPS) is 10.3. The average molecular weight is 425 g/mol. The zero-order valence-corrected chi connectivity index (χ0v) is 17.1. The van der Waals surface area contributed by atoms with Crippen LogP contribution < -0.4 is 15.4 Å². The van der Waals surface area contributed by atoms with Crippen molar-refractivity contribution in [1.82, 2.24) is 0 Å². The third kappa shape index (κ3) is 5.99. The first kappa shape index (κ1) is 21.2. The number of hydrogen-bond donors (Lipinski definition) is 3. The van der Waals surface area contributed by atoms with Crippen LogP contribution in [0.3, 0.4) is 0 Å². The third-order valence-electron chi connectivity index (χ3n) is 4.32. The lowest BCUT2D eigenvalue weighted by molar-refractivity contribution is -0.118. The Bertz CT molecular complexity index is 1030. The van der Waals surface area contributed by atoms with Crippen LogP contribution in [-0.2, 0) is 11.3 Å². The highest BCUT2D eigenvalue weighted by Gasteiger charge is 2.08. The lowest BCUT2D eigenvalue weighted by Crippen LogP contribution is -2.20. The topological polar surface area (TPSA) is 87.7 Å². The van der Waals surface area contributed by atoms with Crippen molar-refractivity contribution < 1.29 is 19.4 Å². The molecule has 0 heterocycles. The molecule has 6 nitrogen and oxygen atoms in total. The molecule has 1 amide bonds. The second kappa shape index (κ2) is 9.80. The lowest BCUT2D eigenvalue weighted by Gasteiger charge is -2.11. The van der Waals surface area contributed by atoms with Gasteiger partial charge >= 0.3 is 5.97 Å². The lowest BCUT2D eigenvalue weighted by atomic mass is 10.2. The van der Waals surface area contributed by atoms with E-state index in [2.05, 4.69) is 10.6 Å². The fraction of sp³-hybridized carbons (Fsp3) is 0.130. The summed E-state index contributed by atoms with van der Waals surface area (Å²) in [6.45, 7) is 2.34. The van der Waals surface area contributed by atoms with Gasteiger partial charge in [0.15, 0.2) is 6.61 Å². The molecular formula is C23H21ClN2O4. The fourth-order valence-electron chi connectivity index (χ4n) is 2.68. The highest BCUT2D eigenvalue weighted by molar-refractivity contribution is 6.33. The molecule has 0 aliphatic heterocycles. The average Bonchev–Trinajstić information content (AvgIpc) is 2.74. The molecule has 0 radical (unpaired) electrons. The van der Waals surface area contributed by atoms with E-state index >= 15 is 0 Å². The van der Waals surface area contributed by atoms with E-state index in [1.165, 1.54) is 12.1 Å². The Morgan fingerprint density at radius 1 is 1.00 bits per heavy atom. The molecule has 0 bridgehead atoms. The van der Waals surface area contributed by atoms with Gasteiger partial charge in [0.25, 0.3) is 5.91 Å². The van der Waals surface area contributed by atoms with Gasteiger partial charge in [-0.05, 0) is 55.0 Å². The van der Waals surface area contributed by atoms with Crippen LogP contribution in [0, 0.1) is 6.92 Å². The Morgan fingerprint density at radius 2 is 1.70 bits per heavy atom. The van der Waals surface area contributed by atoms with Crippen molar-refractivity contribution in [3.63, 3.8) is 0 Å². The quantitative estimate of drug-likeness (QED) is 0.475. The first-order chi connectivity index (χ1) is 14.4. The van der Waals surface area contributed by atoms with Crippen molar-refractivity contribution in [2.24, 2.45) is 0 Å². The minimum absolute atomic E-state index is 0.0942. The molecule has 3 rings (SSSR count). The Balaban J connectivity index is 1.50. The summed E-state index contributed by atoms with van der Waals surface area (Å²) < 4.78 is 5.52.